The number of nitrogens with zero attached hydrogens (tertiary/aromatic N) is 1. The number of aliphatic hydroxyl groups excluding tert-OH is 1. The molecule has 1 aliphatic heterocycles. The van der Waals surface area contributed by atoms with Gasteiger partial charge in [0.2, 0.25) is 0 Å². The maximum absolute atomic E-state index is 10.6. The molecule has 6 nitrogen and oxygen atoms in total. The molecule has 6 heteroatoms. The number of amides is 2. The van der Waals surface area contributed by atoms with Crippen molar-refractivity contribution < 1.29 is 19.8 Å². The van der Waals surface area contributed by atoms with Crippen LogP contribution in [0.5, 0.6) is 0 Å². The molecule has 4 N–H and O–H groups in total. The molecule has 1 heterocycles. The third kappa shape index (κ3) is 1.48. The minimum absolute atomic E-state index is 0.00625. The number of urea groups is 1. The molecule has 0 spiro atoms. The quantitative estimate of drug-likeness (QED) is 0.454. The predicted octanol–water partition coefficient (Wildman–Crippen LogP) is -1.42. The molecule has 0 saturated carbocycles. The number of carboxylic acid groups (broad SMARTS) is 1. The third-order valence-electron chi connectivity index (χ3n) is 1.85. The van der Waals surface area contributed by atoms with Crippen LogP contribution in [0.4, 0.5) is 4.79 Å². The molecule has 0 radical (unpaired) electrons. The summed E-state index contributed by atoms with van der Waals surface area (Å²) >= 11 is 0. The molecule has 0 aliphatic carbocycles. The van der Waals surface area contributed by atoms with Gasteiger partial charge in [-0.05, 0) is 0 Å². The van der Waals surface area contributed by atoms with E-state index in [4.69, 9.17) is 15.9 Å². The van der Waals surface area contributed by atoms with E-state index in [9.17, 15) is 9.59 Å². The smallest absolute Gasteiger partial charge is 0.326 e. The van der Waals surface area contributed by atoms with Gasteiger partial charge in [0.25, 0.3) is 0 Å². The highest BCUT2D eigenvalue weighted by atomic mass is 16.4. The van der Waals surface area contributed by atoms with Crippen molar-refractivity contribution in [2.45, 2.75) is 18.6 Å². The summed E-state index contributed by atoms with van der Waals surface area (Å²) in [5.74, 6) is -1.13. The van der Waals surface area contributed by atoms with Crippen LogP contribution in [0.1, 0.15) is 6.42 Å². The molecule has 1 rings (SSSR count). The van der Waals surface area contributed by atoms with Crippen LogP contribution >= 0.6 is 0 Å². The van der Waals surface area contributed by atoms with Gasteiger partial charge in [-0.1, -0.05) is 0 Å². The van der Waals surface area contributed by atoms with E-state index < -0.39 is 24.1 Å². The molecule has 0 unspecified atom stereocenters. The van der Waals surface area contributed by atoms with E-state index in [1.54, 1.807) is 0 Å². The Morgan fingerprint density at radius 2 is 2.08 bits per heavy atom. The van der Waals surface area contributed by atoms with E-state index in [0.29, 0.717) is 0 Å². The number of aliphatic hydroxyl groups is 1. The fourth-order valence-corrected chi connectivity index (χ4v) is 1.29. The van der Waals surface area contributed by atoms with Gasteiger partial charge in [0.05, 0.1) is 6.10 Å². The van der Waals surface area contributed by atoms with Crippen molar-refractivity contribution >= 4 is 12.0 Å². The molecular formula is C6H10N2O4. The number of β-amino-alcohol motifs (C(OH)–C–C–N with tert-alkyl or cyclic N) is 1. The highest BCUT2D eigenvalue weighted by Crippen LogP contribution is 2.17. The maximum atomic E-state index is 10.6. The monoisotopic (exact) mass is 174 g/mol. The normalized spacial score (nSPS) is 28.9. The van der Waals surface area contributed by atoms with Crippen LogP contribution in [-0.4, -0.2) is 45.8 Å². The van der Waals surface area contributed by atoms with Crippen LogP contribution in [0.2, 0.25) is 0 Å². The number of hydrogen-bond acceptors (Lipinski definition) is 3. The number of hydrogen-bond donors (Lipinski definition) is 3. The Labute approximate surface area is 68.6 Å². The van der Waals surface area contributed by atoms with Crippen molar-refractivity contribution in [3.8, 4) is 0 Å². The van der Waals surface area contributed by atoms with Gasteiger partial charge in [-0.15, -0.1) is 0 Å². The topological polar surface area (TPSA) is 104 Å². The van der Waals surface area contributed by atoms with Gasteiger partial charge in [0, 0.05) is 13.0 Å². The van der Waals surface area contributed by atoms with Gasteiger partial charge in [0.1, 0.15) is 6.04 Å². The van der Waals surface area contributed by atoms with E-state index in [1.807, 2.05) is 0 Å². The third-order valence-corrected chi connectivity index (χ3v) is 1.85. The van der Waals surface area contributed by atoms with Crippen LogP contribution < -0.4 is 5.73 Å². The molecule has 1 fully saturated rings. The standard InChI is InChI=1S/C6H10N2O4/c7-6(12)8-2-3(9)1-4(8)5(10)11/h3-4,9H,1-2H2,(H2,7,12)(H,10,11)/t3-,4-/m0/s1. The van der Waals surface area contributed by atoms with Crippen molar-refractivity contribution in [3.63, 3.8) is 0 Å². The SMILES string of the molecule is NC(=O)N1C[C@@H](O)C[C@H]1C(=O)O. The summed E-state index contributed by atoms with van der Waals surface area (Å²) in [6, 6.07) is -1.78. The Balaban J connectivity index is 2.72. The molecule has 0 aromatic heterocycles. The number of carbonyl (C=O) groups is 2. The molecule has 0 aromatic carbocycles. The lowest BCUT2D eigenvalue weighted by molar-refractivity contribution is -0.141. The first-order chi connectivity index (χ1) is 5.52. The van der Waals surface area contributed by atoms with Gasteiger partial charge in [-0.25, -0.2) is 9.59 Å². The summed E-state index contributed by atoms with van der Waals surface area (Å²) in [6.45, 7) is 0.00625. The molecule has 2 amide bonds. The summed E-state index contributed by atoms with van der Waals surface area (Å²) in [5, 5.41) is 17.6. The van der Waals surface area contributed by atoms with E-state index in [1.165, 1.54) is 0 Å². The van der Waals surface area contributed by atoms with Crippen LogP contribution in [0.15, 0.2) is 0 Å². The lowest BCUT2D eigenvalue weighted by Crippen LogP contribution is -2.43. The van der Waals surface area contributed by atoms with Gasteiger partial charge < -0.3 is 20.8 Å². The second kappa shape index (κ2) is 2.98. The first kappa shape index (κ1) is 8.79. The van der Waals surface area contributed by atoms with Gasteiger partial charge in [0.15, 0.2) is 0 Å². The fraction of sp³-hybridized carbons (Fsp3) is 0.667. The number of rotatable bonds is 1. The molecule has 1 saturated heterocycles. The van der Waals surface area contributed by atoms with E-state index in [0.717, 1.165) is 4.90 Å². The Bertz CT molecular complexity index is 196. The largest absolute Gasteiger partial charge is 0.480 e. The van der Waals surface area contributed by atoms with Crippen molar-refractivity contribution in [2.75, 3.05) is 6.54 Å². The minimum atomic E-state index is -1.13. The molecule has 1 aliphatic rings. The van der Waals surface area contributed by atoms with Gasteiger partial charge >= 0.3 is 12.0 Å². The summed E-state index contributed by atoms with van der Waals surface area (Å²) in [4.78, 5) is 22.1. The lowest BCUT2D eigenvalue weighted by atomic mass is 10.2. The zero-order valence-corrected chi connectivity index (χ0v) is 6.30. The predicted molar refractivity (Wildman–Crippen MR) is 38.3 cm³/mol. The number of carbonyl (C=O) groups excluding carboxylic acids is 1. The Kier molecular flexibility index (Phi) is 2.18. The van der Waals surface area contributed by atoms with Crippen LogP contribution in [0.25, 0.3) is 0 Å². The highest BCUT2D eigenvalue weighted by Gasteiger charge is 2.37. The Hall–Kier alpha value is -1.30. The second-order valence-corrected chi connectivity index (χ2v) is 2.73. The molecule has 68 valence electrons. The first-order valence-corrected chi connectivity index (χ1v) is 3.49. The molecular weight excluding hydrogens is 164 g/mol. The van der Waals surface area contributed by atoms with E-state index >= 15 is 0 Å². The maximum Gasteiger partial charge on any atom is 0.326 e. The number of carboxylic acids is 1. The van der Waals surface area contributed by atoms with Gasteiger partial charge in [-0.2, -0.15) is 0 Å². The Morgan fingerprint density at radius 1 is 1.50 bits per heavy atom. The zero-order valence-electron chi connectivity index (χ0n) is 6.30. The summed E-state index contributed by atoms with van der Waals surface area (Å²) < 4.78 is 0. The summed E-state index contributed by atoms with van der Waals surface area (Å²) in [7, 11) is 0. The van der Waals surface area contributed by atoms with Gasteiger partial charge in [-0.3, -0.25) is 0 Å². The first-order valence-electron chi connectivity index (χ1n) is 3.49. The average Bonchev–Trinajstić information content (AvgIpc) is 2.31. The number of likely N-dealkylation sites (tertiary alicyclic amines) is 1. The van der Waals surface area contributed by atoms with Crippen LogP contribution in [0.3, 0.4) is 0 Å². The highest BCUT2D eigenvalue weighted by molar-refractivity contribution is 5.82. The molecule has 12 heavy (non-hydrogen) atoms. The minimum Gasteiger partial charge on any atom is -0.480 e. The number of aliphatic carboxylic acids is 1. The zero-order chi connectivity index (χ0) is 9.30. The van der Waals surface area contributed by atoms with Crippen molar-refractivity contribution in [1.29, 1.82) is 0 Å². The van der Waals surface area contributed by atoms with Crippen molar-refractivity contribution in [3.05, 3.63) is 0 Å². The summed E-state index contributed by atoms with van der Waals surface area (Å²) in [6.07, 6.45) is -0.725. The van der Waals surface area contributed by atoms with E-state index in [2.05, 4.69) is 0 Å². The van der Waals surface area contributed by atoms with Crippen LogP contribution in [0, 0.1) is 0 Å². The number of nitrogens with two attached hydrogens (primary N) is 1. The number of primary amides is 1. The van der Waals surface area contributed by atoms with Crippen molar-refractivity contribution in [1.82, 2.24) is 4.90 Å². The molecule has 0 aromatic rings. The molecule has 2 atom stereocenters. The average molecular weight is 174 g/mol. The second-order valence-electron chi connectivity index (χ2n) is 2.73. The van der Waals surface area contributed by atoms with E-state index in [-0.39, 0.29) is 13.0 Å². The van der Waals surface area contributed by atoms with Crippen LogP contribution in [-0.2, 0) is 4.79 Å². The van der Waals surface area contributed by atoms with Crippen molar-refractivity contribution in [2.24, 2.45) is 5.73 Å². The Morgan fingerprint density at radius 3 is 2.42 bits per heavy atom. The fourth-order valence-electron chi connectivity index (χ4n) is 1.29. The summed E-state index contributed by atoms with van der Waals surface area (Å²) in [5.41, 5.74) is 4.90. The molecule has 0 bridgehead atoms. The lowest BCUT2D eigenvalue weighted by Gasteiger charge is -2.17.